The highest BCUT2D eigenvalue weighted by atomic mass is 35.5. The molecular formula is C18H23ClN2O3. The van der Waals surface area contributed by atoms with Crippen LogP contribution in [0.2, 0.25) is 5.15 Å². The van der Waals surface area contributed by atoms with Crippen LogP contribution in [0.1, 0.15) is 62.5 Å². The number of rotatable bonds is 2. The third kappa shape index (κ3) is 3.56. The molecule has 1 aliphatic carbocycles. The number of esters is 1. The maximum Gasteiger partial charge on any atom is 0.309 e. The molecule has 24 heavy (non-hydrogen) atoms. The zero-order valence-corrected chi connectivity index (χ0v) is 15.1. The van der Waals surface area contributed by atoms with Crippen LogP contribution >= 0.6 is 11.6 Å². The van der Waals surface area contributed by atoms with Crippen LogP contribution in [0.4, 0.5) is 0 Å². The zero-order valence-electron chi connectivity index (χ0n) is 14.3. The third-order valence-corrected chi connectivity index (χ3v) is 4.84. The van der Waals surface area contributed by atoms with Gasteiger partial charge in [-0.25, -0.2) is 4.98 Å². The second kappa shape index (κ2) is 6.36. The summed E-state index contributed by atoms with van der Waals surface area (Å²) in [7, 11) is 0. The molecule has 6 heteroatoms. The first kappa shape index (κ1) is 17.2. The van der Waals surface area contributed by atoms with E-state index in [4.69, 9.17) is 16.3 Å². The van der Waals surface area contributed by atoms with Crippen LogP contribution in [0.15, 0.2) is 12.1 Å². The Bertz CT molecular complexity index is 661. The first-order chi connectivity index (χ1) is 11.2. The van der Waals surface area contributed by atoms with Gasteiger partial charge in [0.25, 0.3) is 5.91 Å². The minimum atomic E-state index is -0.453. The highest BCUT2D eigenvalue weighted by molar-refractivity contribution is 6.29. The normalized spacial score (nSPS) is 24.0. The molecule has 0 atom stereocenters. The Labute approximate surface area is 147 Å². The van der Waals surface area contributed by atoms with Gasteiger partial charge in [0.15, 0.2) is 0 Å². The quantitative estimate of drug-likeness (QED) is 0.604. The Balaban J connectivity index is 1.60. The average molecular weight is 351 g/mol. The molecule has 5 nitrogen and oxygen atoms in total. The monoisotopic (exact) mass is 350 g/mol. The number of ether oxygens (including phenoxy) is 1. The Hall–Kier alpha value is -1.62. The molecular weight excluding hydrogens is 328 g/mol. The Morgan fingerprint density at radius 1 is 1.25 bits per heavy atom. The summed E-state index contributed by atoms with van der Waals surface area (Å²) in [5, 5.41) is 0.345. The fraction of sp³-hybridized carbons (Fsp3) is 0.611. The summed E-state index contributed by atoms with van der Waals surface area (Å²) in [4.78, 5) is 30.8. The van der Waals surface area contributed by atoms with Crippen molar-refractivity contribution in [3.8, 4) is 0 Å². The van der Waals surface area contributed by atoms with Crippen molar-refractivity contribution in [1.82, 2.24) is 9.88 Å². The Morgan fingerprint density at radius 2 is 1.92 bits per heavy atom. The van der Waals surface area contributed by atoms with Crippen LogP contribution in [0.25, 0.3) is 0 Å². The molecule has 1 amide bonds. The first-order valence-corrected chi connectivity index (χ1v) is 8.81. The van der Waals surface area contributed by atoms with E-state index in [9.17, 15) is 9.59 Å². The minimum Gasteiger partial charge on any atom is -0.460 e. The predicted molar refractivity (Wildman–Crippen MR) is 90.7 cm³/mol. The van der Waals surface area contributed by atoms with Crippen LogP contribution in [-0.4, -0.2) is 33.4 Å². The molecule has 0 spiro atoms. The summed E-state index contributed by atoms with van der Waals surface area (Å²) in [6.45, 7) is 6.23. The molecule has 0 N–H and O–H groups in total. The molecule has 0 unspecified atom stereocenters. The van der Waals surface area contributed by atoms with E-state index in [1.165, 1.54) is 0 Å². The summed E-state index contributed by atoms with van der Waals surface area (Å²) >= 11 is 5.90. The number of pyridine rings is 1. The number of amides is 1. The number of carbonyl (C=O) groups is 2. The minimum absolute atomic E-state index is 0.0479. The Kier molecular flexibility index (Phi) is 4.56. The van der Waals surface area contributed by atoms with Gasteiger partial charge in [-0.05, 0) is 52.5 Å². The molecule has 130 valence electrons. The highest BCUT2D eigenvalue weighted by Crippen LogP contribution is 2.34. The molecule has 1 aliphatic heterocycles. The molecule has 1 saturated carbocycles. The fourth-order valence-electron chi connectivity index (χ4n) is 3.47. The van der Waals surface area contributed by atoms with Gasteiger partial charge in [-0.1, -0.05) is 17.7 Å². The number of nitrogens with zero attached hydrogens (tertiary/aromatic N) is 2. The summed E-state index contributed by atoms with van der Waals surface area (Å²) in [6.07, 6.45) is 3.15. The largest absolute Gasteiger partial charge is 0.460 e. The van der Waals surface area contributed by atoms with Gasteiger partial charge in [0.1, 0.15) is 16.4 Å². The van der Waals surface area contributed by atoms with Crippen LogP contribution in [0.5, 0.6) is 0 Å². The average Bonchev–Trinajstić information content (AvgIpc) is 2.83. The number of hydrogen-bond acceptors (Lipinski definition) is 4. The molecule has 1 fully saturated rings. The van der Waals surface area contributed by atoms with Gasteiger partial charge in [0.2, 0.25) is 0 Å². The molecule has 1 aromatic heterocycles. The molecule has 0 bridgehead atoms. The molecule has 0 radical (unpaired) electrons. The van der Waals surface area contributed by atoms with Gasteiger partial charge in [-0.3, -0.25) is 9.59 Å². The van der Waals surface area contributed by atoms with Crippen molar-refractivity contribution in [3.63, 3.8) is 0 Å². The van der Waals surface area contributed by atoms with Gasteiger partial charge in [0.05, 0.1) is 5.92 Å². The lowest BCUT2D eigenvalue weighted by Crippen LogP contribution is -2.40. The number of halogens is 1. The smallest absolute Gasteiger partial charge is 0.309 e. The van der Waals surface area contributed by atoms with Crippen molar-refractivity contribution in [2.75, 3.05) is 0 Å². The lowest BCUT2D eigenvalue weighted by atomic mass is 9.85. The zero-order chi connectivity index (χ0) is 17.5. The maximum absolute atomic E-state index is 12.6. The van der Waals surface area contributed by atoms with Gasteiger partial charge < -0.3 is 9.64 Å². The van der Waals surface area contributed by atoms with Crippen molar-refractivity contribution >= 4 is 23.5 Å². The maximum atomic E-state index is 12.6. The SMILES string of the molecule is CC(C)(C)OC(=O)[C@H]1CC[C@H](N2Cc3ccc(Cl)nc3C2=O)CC1. The predicted octanol–water partition coefficient (Wildman–Crippen LogP) is 3.59. The molecule has 2 aliphatic rings. The highest BCUT2D eigenvalue weighted by Gasteiger charge is 2.38. The van der Waals surface area contributed by atoms with Gasteiger partial charge in [-0.15, -0.1) is 0 Å². The summed E-state index contributed by atoms with van der Waals surface area (Å²) < 4.78 is 5.48. The van der Waals surface area contributed by atoms with Crippen LogP contribution < -0.4 is 0 Å². The van der Waals surface area contributed by atoms with E-state index in [0.29, 0.717) is 17.4 Å². The van der Waals surface area contributed by atoms with Gasteiger partial charge in [-0.2, -0.15) is 0 Å². The summed E-state index contributed by atoms with van der Waals surface area (Å²) in [6, 6.07) is 3.75. The molecule has 0 aromatic carbocycles. The van der Waals surface area contributed by atoms with Crippen molar-refractivity contribution in [2.45, 2.75) is 64.6 Å². The number of hydrogen-bond donors (Lipinski definition) is 0. The molecule has 0 saturated heterocycles. The fourth-order valence-corrected chi connectivity index (χ4v) is 3.62. The second-order valence-electron chi connectivity index (χ2n) is 7.61. The summed E-state index contributed by atoms with van der Waals surface area (Å²) in [5.74, 6) is -0.230. The lowest BCUT2D eigenvalue weighted by molar-refractivity contribution is -0.161. The van der Waals surface area contributed by atoms with Gasteiger partial charge >= 0.3 is 5.97 Å². The van der Waals surface area contributed by atoms with Crippen LogP contribution in [0.3, 0.4) is 0 Å². The van der Waals surface area contributed by atoms with E-state index in [0.717, 1.165) is 31.2 Å². The summed E-state index contributed by atoms with van der Waals surface area (Å²) in [5.41, 5.74) is 0.946. The number of aromatic nitrogens is 1. The number of carbonyl (C=O) groups excluding carboxylic acids is 2. The number of fused-ring (bicyclic) bond motifs is 1. The third-order valence-electron chi connectivity index (χ3n) is 4.63. The van der Waals surface area contributed by atoms with Crippen molar-refractivity contribution < 1.29 is 14.3 Å². The second-order valence-corrected chi connectivity index (χ2v) is 8.00. The van der Waals surface area contributed by atoms with E-state index in [2.05, 4.69) is 4.98 Å². The molecule has 3 rings (SSSR count). The topological polar surface area (TPSA) is 59.5 Å². The van der Waals surface area contributed by atoms with Crippen LogP contribution in [0, 0.1) is 5.92 Å². The van der Waals surface area contributed by atoms with E-state index in [1.807, 2.05) is 31.7 Å². The lowest BCUT2D eigenvalue weighted by Gasteiger charge is -2.34. The van der Waals surface area contributed by atoms with Crippen molar-refractivity contribution in [2.24, 2.45) is 5.92 Å². The van der Waals surface area contributed by atoms with Crippen LogP contribution in [-0.2, 0) is 16.1 Å². The first-order valence-electron chi connectivity index (χ1n) is 8.44. The Morgan fingerprint density at radius 3 is 2.54 bits per heavy atom. The van der Waals surface area contributed by atoms with E-state index in [1.54, 1.807) is 6.07 Å². The van der Waals surface area contributed by atoms with Crippen molar-refractivity contribution in [1.29, 1.82) is 0 Å². The van der Waals surface area contributed by atoms with Crippen molar-refractivity contribution in [3.05, 3.63) is 28.5 Å². The van der Waals surface area contributed by atoms with E-state index in [-0.39, 0.29) is 23.8 Å². The van der Waals surface area contributed by atoms with Gasteiger partial charge in [0, 0.05) is 18.2 Å². The van der Waals surface area contributed by atoms with E-state index >= 15 is 0 Å². The molecule has 1 aromatic rings. The van der Waals surface area contributed by atoms with E-state index < -0.39 is 5.60 Å². The standard InChI is InChI=1S/C18H23ClN2O3/c1-18(2,3)24-17(23)11-4-7-13(8-5-11)21-10-12-6-9-14(19)20-15(12)16(21)22/h6,9,11,13H,4-5,7-8,10H2,1-3H3/t11-,13-. The molecule has 2 heterocycles.